The van der Waals surface area contributed by atoms with Crippen molar-refractivity contribution in [2.75, 3.05) is 38.2 Å². The lowest BCUT2D eigenvalue weighted by Crippen LogP contribution is -2.40. The molecule has 2 aromatic carbocycles. The van der Waals surface area contributed by atoms with Crippen molar-refractivity contribution in [3.8, 4) is 0 Å². The number of guanidine groups is 1. The largest absolute Gasteiger partial charge is 0.379 e. The summed E-state index contributed by atoms with van der Waals surface area (Å²) in [4.78, 5) is 6.86. The summed E-state index contributed by atoms with van der Waals surface area (Å²) in [5.41, 5.74) is 10.5. The number of nitrogens with one attached hydrogen (secondary N) is 1. The highest BCUT2D eigenvalue weighted by atomic mass is 127. The lowest BCUT2D eigenvalue weighted by Gasteiger charge is -2.34. The Balaban J connectivity index is 0.00000280. The molecule has 3 N–H and O–H groups in total. The number of hydrogen-bond donors (Lipinski definition) is 2. The van der Waals surface area contributed by atoms with Gasteiger partial charge >= 0.3 is 0 Å². The topological polar surface area (TPSA) is 62.9 Å². The van der Waals surface area contributed by atoms with E-state index < -0.39 is 0 Å². The fourth-order valence-electron chi connectivity index (χ4n) is 3.20. The van der Waals surface area contributed by atoms with Gasteiger partial charge in [-0.05, 0) is 54.8 Å². The molecule has 0 amide bonds. The van der Waals surface area contributed by atoms with Crippen LogP contribution in [-0.4, -0.2) is 43.7 Å². The van der Waals surface area contributed by atoms with Gasteiger partial charge in [0.15, 0.2) is 5.96 Å². The predicted octanol–water partition coefficient (Wildman–Crippen LogP) is 3.86. The minimum Gasteiger partial charge on any atom is -0.379 e. The van der Waals surface area contributed by atoms with Gasteiger partial charge in [-0.25, -0.2) is 4.39 Å². The molecule has 2 aromatic rings. The molecule has 0 aromatic heterocycles. The van der Waals surface area contributed by atoms with Crippen LogP contribution in [0.4, 0.5) is 10.1 Å². The Labute approximate surface area is 183 Å². The minimum absolute atomic E-state index is 0. The van der Waals surface area contributed by atoms with Gasteiger partial charge in [-0.2, -0.15) is 0 Å². The van der Waals surface area contributed by atoms with E-state index >= 15 is 0 Å². The third-order valence-electron chi connectivity index (χ3n) is 4.96. The summed E-state index contributed by atoms with van der Waals surface area (Å²) in [5.74, 6) is 0.137. The molecular weight excluding hydrogens is 470 g/mol. The monoisotopic (exact) mass is 498 g/mol. The van der Waals surface area contributed by atoms with Crippen molar-refractivity contribution in [3.63, 3.8) is 0 Å². The van der Waals surface area contributed by atoms with Crippen LogP contribution in [0.15, 0.2) is 47.5 Å². The minimum atomic E-state index is -0.237. The molecule has 28 heavy (non-hydrogen) atoms. The smallest absolute Gasteiger partial charge is 0.193 e. The Kier molecular flexibility index (Phi) is 8.65. The fourth-order valence-corrected chi connectivity index (χ4v) is 3.20. The summed E-state index contributed by atoms with van der Waals surface area (Å²) >= 11 is 0. The number of nitrogens with zero attached hydrogens (tertiary/aromatic N) is 2. The summed E-state index contributed by atoms with van der Waals surface area (Å²) in [6.07, 6.45) is 0. The Hall–Kier alpha value is -1.71. The number of aliphatic imine (C=N–C) groups is 1. The highest BCUT2D eigenvalue weighted by molar-refractivity contribution is 14.0. The first-order chi connectivity index (χ1) is 13.0. The van der Waals surface area contributed by atoms with E-state index in [0.717, 1.165) is 24.3 Å². The number of halogens is 2. The van der Waals surface area contributed by atoms with Crippen molar-refractivity contribution < 1.29 is 9.13 Å². The van der Waals surface area contributed by atoms with Crippen LogP contribution in [-0.2, 0) is 4.74 Å². The molecule has 152 valence electrons. The van der Waals surface area contributed by atoms with Crippen LogP contribution in [0.5, 0.6) is 0 Å². The van der Waals surface area contributed by atoms with E-state index in [0.29, 0.717) is 25.7 Å². The Bertz CT molecular complexity index is 791. The molecule has 7 heteroatoms. The lowest BCUT2D eigenvalue weighted by molar-refractivity contribution is 0.0180. The Morgan fingerprint density at radius 3 is 2.46 bits per heavy atom. The first-order valence-corrected chi connectivity index (χ1v) is 9.24. The average Bonchev–Trinajstić information content (AvgIpc) is 2.67. The maximum atomic E-state index is 13.3. The maximum absolute atomic E-state index is 13.3. The molecule has 1 aliphatic heterocycles. The van der Waals surface area contributed by atoms with E-state index in [2.05, 4.69) is 41.2 Å². The van der Waals surface area contributed by atoms with Gasteiger partial charge in [-0.15, -0.1) is 24.0 Å². The molecule has 1 saturated heterocycles. The van der Waals surface area contributed by atoms with Gasteiger partial charge in [0, 0.05) is 18.8 Å². The number of benzene rings is 2. The molecule has 1 aliphatic rings. The summed E-state index contributed by atoms with van der Waals surface area (Å²) in [7, 11) is 0. The molecule has 0 saturated carbocycles. The van der Waals surface area contributed by atoms with Crippen molar-refractivity contribution >= 4 is 35.6 Å². The number of rotatable bonds is 5. The van der Waals surface area contributed by atoms with E-state index in [9.17, 15) is 4.39 Å². The molecule has 0 aliphatic carbocycles. The second-order valence-electron chi connectivity index (χ2n) is 6.87. The highest BCUT2D eigenvalue weighted by Gasteiger charge is 2.22. The van der Waals surface area contributed by atoms with E-state index in [4.69, 9.17) is 10.5 Å². The first-order valence-electron chi connectivity index (χ1n) is 9.24. The molecule has 1 fully saturated rings. The van der Waals surface area contributed by atoms with Crippen molar-refractivity contribution in [1.82, 2.24) is 4.90 Å². The van der Waals surface area contributed by atoms with Crippen LogP contribution in [0.1, 0.15) is 22.7 Å². The normalized spacial score (nSPS) is 16.3. The second-order valence-corrected chi connectivity index (χ2v) is 6.87. The molecule has 5 nitrogen and oxygen atoms in total. The summed E-state index contributed by atoms with van der Waals surface area (Å²) in [6.45, 7) is 7.66. The van der Waals surface area contributed by atoms with Crippen LogP contribution in [0, 0.1) is 19.7 Å². The van der Waals surface area contributed by atoms with Crippen LogP contribution >= 0.6 is 24.0 Å². The van der Waals surface area contributed by atoms with Crippen molar-refractivity contribution in [1.29, 1.82) is 0 Å². The Morgan fingerprint density at radius 1 is 1.14 bits per heavy atom. The zero-order chi connectivity index (χ0) is 19.2. The number of nitrogens with two attached hydrogens (primary N) is 1. The average molecular weight is 498 g/mol. The van der Waals surface area contributed by atoms with E-state index in [1.54, 1.807) is 0 Å². The van der Waals surface area contributed by atoms with Crippen molar-refractivity contribution in [2.24, 2.45) is 10.7 Å². The maximum Gasteiger partial charge on any atom is 0.193 e. The van der Waals surface area contributed by atoms with Crippen molar-refractivity contribution in [3.05, 3.63) is 65.0 Å². The van der Waals surface area contributed by atoms with E-state index in [-0.39, 0.29) is 35.8 Å². The van der Waals surface area contributed by atoms with Gasteiger partial charge in [-0.3, -0.25) is 9.89 Å². The standard InChI is InChI=1S/C21H27FN4O.HI/c1-15-3-8-19(13-16(15)2)25-21(23)24-14-20(26-9-11-27-12-10-26)17-4-6-18(22)7-5-17;/h3-8,13,20H,9-12,14H2,1-2H3,(H3,23,24,25);1H. The number of ether oxygens (including phenoxy) is 1. The van der Waals surface area contributed by atoms with Gasteiger partial charge in [0.2, 0.25) is 0 Å². The second kappa shape index (κ2) is 10.7. The van der Waals surface area contributed by atoms with Gasteiger partial charge < -0.3 is 15.8 Å². The SMILES string of the molecule is Cc1ccc(NC(N)=NCC(c2ccc(F)cc2)N2CCOCC2)cc1C.I. The highest BCUT2D eigenvalue weighted by Crippen LogP contribution is 2.23. The fraction of sp³-hybridized carbons (Fsp3) is 0.381. The van der Waals surface area contributed by atoms with Crippen LogP contribution in [0.2, 0.25) is 0 Å². The van der Waals surface area contributed by atoms with Crippen LogP contribution < -0.4 is 11.1 Å². The van der Waals surface area contributed by atoms with Crippen molar-refractivity contribution in [2.45, 2.75) is 19.9 Å². The third-order valence-corrected chi connectivity index (χ3v) is 4.96. The van der Waals surface area contributed by atoms with E-state index in [1.807, 2.05) is 18.2 Å². The molecular formula is C21H28FIN4O. The predicted molar refractivity (Wildman–Crippen MR) is 123 cm³/mol. The number of aryl methyl sites for hydroxylation is 2. The zero-order valence-corrected chi connectivity index (χ0v) is 18.7. The van der Waals surface area contributed by atoms with Crippen LogP contribution in [0.25, 0.3) is 0 Å². The van der Waals surface area contributed by atoms with Gasteiger partial charge in [0.1, 0.15) is 5.82 Å². The molecule has 0 spiro atoms. The number of anilines is 1. The third kappa shape index (κ3) is 6.15. The lowest BCUT2D eigenvalue weighted by atomic mass is 10.0. The quantitative estimate of drug-likeness (QED) is 0.374. The van der Waals surface area contributed by atoms with Gasteiger partial charge in [-0.1, -0.05) is 18.2 Å². The molecule has 1 heterocycles. The first kappa shape index (κ1) is 22.6. The van der Waals surface area contributed by atoms with Gasteiger partial charge in [0.05, 0.1) is 25.8 Å². The van der Waals surface area contributed by atoms with Gasteiger partial charge in [0.25, 0.3) is 0 Å². The molecule has 3 rings (SSSR count). The molecule has 1 atom stereocenters. The summed E-state index contributed by atoms with van der Waals surface area (Å²) < 4.78 is 18.8. The van der Waals surface area contributed by atoms with Crippen LogP contribution in [0.3, 0.4) is 0 Å². The molecule has 0 radical (unpaired) electrons. The zero-order valence-electron chi connectivity index (χ0n) is 16.3. The summed E-state index contributed by atoms with van der Waals surface area (Å²) in [6, 6.07) is 12.7. The number of morpholine rings is 1. The summed E-state index contributed by atoms with van der Waals surface area (Å²) in [5, 5.41) is 3.15. The molecule has 0 bridgehead atoms. The van der Waals surface area contributed by atoms with E-state index in [1.165, 1.54) is 23.3 Å². The molecule has 1 unspecified atom stereocenters. The Morgan fingerprint density at radius 2 is 1.82 bits per heavy atom. The number of hydrogen-bond acceptors (Lipinski definition) is 3.